The number of rotatable bonds is 7. The van der Waals surface area contributed by atoms with Crippen LogP contribution in [-0.2, 0) is 11.3 Å². The van der Waals surface area contributed by atoms with Gasteiger partial charge in [-0.1, -0.05) is 42.5 Å². The molecule has 0 atom stereocenters. The lowest BCUT2D eigenvalue weighted by molar-refractivity contribution is -0.117. The van der Waals surface area contributed by atoms with Gasteiger partial charge in [0.05, 0.1) is 30.2 Å². The van der Waals surface area contributed by atoms with Crippen molar-refractivity contribution < 1.29 is 14.6 Å². The molecule has 7 heteroatoms. The number of aliphatic hydroxyl groups excluding tert-OH is 1. The topological polar surface area (TPSA) is 90.5 Å². The second kappa shape index (κ2) is 9.50. The Labute approximate surface area is 189 Å². The lowest BCUT2D eigenvalue weighted by Crippen LogP contribution is -2.39. The Bertz CT molecular complexity index is 1450. The van der Waals surface area contributed by atoms with Crippen molar-refractivity contribution >= 4 is 22.8 Å². The highest BCUT2D eigenvalue weighted by Gasteiger charge is 2.14. The smallest absolute Gasteiger partial charge is 0.336 e. The first-order valence-electron chi connectivity index (χ1n) is 10.3. The summed E-state index contributed by atoms with van der Waals surface area (Å²) in [6.07, 6.45) is 2.94. The average Bonchev–Trinajstić information content (AvgIpc) is 2.86. The van der Waals surface area contributed by atoms with Crippen molar-refractivity contribution in [3.8, 4) is 11.4 Å². The van der Waals surface area contributed by atoms with E-state index in [-0.39, 0.29) is 17.9 Å². The molecule has 0 radical (unpaired) electrons. The number of nitrogens with zero attached hydrogens (tertiary/aromatic N) is 2. The molecule has 33 heavy (non-hydrogen) atoms. The number of methoxy groups -OCH3 is 1. The third kappa shape index (κ3) is 4.53. The third-order valence-corrected chi connectivity index (χ3v) is 5.32. The van der Waals surface area contributed by atoms with Crippen LogP contribution in [0.5, 0.6) is 5.75 Å². The van der Waals surface area contributed by atoms with E-state index in [1.54, 1.807) is 66.3 Å². The minimum absolute atomic E-state index is 0.259. The second-order valence-electron chi connectivity index (χ2n) is 7.42. The van der Waals surface area contributed by atoms with Crippen LogP contribution in [0.4, 0.5) is 0 Å². The third-order valence-electron chi connectivity index (χ3n) is 5.32. The number of para-hydroxylation sites is 1. The summed E-state index contributed by atoms with van der Waals surface area (Å²) in [5, 5.41) is 9.26. The van der Waals surface area contributed by atoms with Gasteiger partial charge in [0.15, 0.2) is 5.78 Å². The van der Waals surface area contributed by atoms with Gasteiger partial charge in [0.2, 0.25) is 0 Å². The molecule has 0 aliphatic carbocycles. The molecule has 0 aliphatic heterocycles. The van der Waals surface area contributed by atoms with Gasteiger partial charge in [-0.15, -0.1) is 0 Å². The Balaban J connectivity index is 1.79. The van der Waals surface area contributed by atoms with E-state index in [1.165, 1.54) is 10.6 Å². The van der Waals surface area contributed by atoms with Crippen LogP contribution in [0, 0.1) is 0 Å². The van der Waals surface area contributed by atoms with Crippen LogP contribution in [0.15, 0.2) is 88.5 Å². The number of ether oxygens (including phenoxy) is 1. The number of benzene rings is 3. The summed E-state index contributed by atoms with van der Waals surface area (Å²) in [4.78, 5) is 37.9. The quantitative estimate of drug-likeness (QED) is 0.445. The minimum Gasteiger partial charge on any atom is -0.497 e. The number of fused-ring (bicyclic) bond motifs is 1. The molecule has 166 valence electrons. The number of carbonyl (C=O) groups excluding carboxylic acids is 1. The molecule has 1 aromatic heterocycles. The Hall–Kier alpha value is -4.23. The number of aromatic nitrogens is 2. The lowest BCUT2D eigenvalue weighted by Gasteiger charge is -2.14. The van der Waals surface area contributed by atoms with Gasteiger partial charge in [0, 0.05) is 0 Å². The molecule has 0 bridgehead atoms. The molecule has 4 aromatic rings. The largest absolute Gasteiger partial charge is 0.497 e. The average molecular weight is 442 g/mol. The van der Waals surface area contributed by atoms with E-state index < -0.39 is 12.3 Å². The Morgan fingerprint density at radius 1 is 0.970 bits per heavy atom. The first-order valence-corrected chi connectivity index (χ1v) is 10.3. The number of hydrogen-bond acceptors (Lipinski definition) is 5. The zero-order valence-corrected chi connectivity index (χ0v) is 18.0. The highest BCUT2D eigenvalue weighted by atomic mass is 16.5. The van der Waals surface area contributed by atoms with Crippen molar-refractivity contribution in [2.24, 2.45) is 0 Å². The van der Waals surface area contributed by atoms with Gasteiger partial charge in [-0.3, -0.25) is 14.2 Å². The summed E-state index contributed by atoms with van der Waals surface area (Å²) in [6.45, 7) is -0.274. The number of hydrogen-bond donors (Lipinski definition) is 1. The van der Waals surface area contributed by atoms with E-state index in [0.717, 1.165) is 11.1 Å². The highest BCUT2D eigenvalue weighted by Crippen LogP contribution is 2.16. The summed E-state index contributed by atoms with van der Waals surface area (Å²) in [7, 11) is 1.55. The Kier molecular flexibility index (Phi) is 6.33. The monoisotopic (exact) mass is 442 g/mol. The van der Waals surface area contributed by atoms with Gasteiger partial charge in [0.1, 0.15) is 12.4 Å². The zero-order valence-electron chi connectivity index (χ0n) is 18.0. The fourth-order valence-corrected chi connectivity index (χ4v) is 3.59. The first-order chi connectivity index (χ1) is 16.0. The minimum atomic E-state index is -0.533. The molecule has 0 saturated carbocycles. The molecule has 1 heterocycles. The fraction of sp³-hybridized carbons (Fsp3) is 0.115. The molecule has 0 unspecified atom stereocenters. The van der Waals surface area contributed by atoms with Crippen molar-refractivity contribution in [1.82, 2.24) is 9.13 Å². The SMILES string of the molecule is COc1ccc(-n2c(=O)c3ccccc3n(Cc3ccc(/C=C/C(=O)CO)cc3)c2=O)cc1. The van der Waals surface area contributed by atoms with Crippen LogP contribution in [-0.4, -0.2) is 33.7 Å². The van der Waals surface area contributed by atoms with Gasteiger partial charge < -0.3 is 9.84 Å². The van der Waals surface area contributed by atoms with E-state index in [0.29, 0.717) is 22.3 Å². The predicted octanol–water partition coefficient (Wildman–Crippen LogP) is 2.78. The molecule has 0 fully saturated rings. The van der Waals surface area contributed by atoms with E-state index in [9.17, 15) is 14.4 Å². The molecular formula is C26H22N2O5. The molecule has 0 amide bonds. The summed E-state index contributed by atoms with van der Waals surface area (Å²) >= 11 is 0. The van der Waals surface area contributed by atoms with E-state index >= 15 is 0 Å². The van der Waals surface area contributed by atoms with Crippen molar-refractivity contribution in [3.63, 3.8) is 0 Å². The molecule has 3 aromatic carbocycles. The normalized spacial score (nSPS) is 11.2. The maximum absolute atomic E-state index is 13.5. The lowest BCUT2D eigenvalue weighted by atomic mass is 10.1. The van der Waals surface area contributed by atoms with E-state index in [2.05, 4.69) is 0 Å². The molecule has 0 spiro atoms. The van der Waals surface area contributed by atoms with Crippen molar-refractivity contribution in [2.45, 2.75) is 6.54 Å². The Morgan fingerprint density at radius 3 is 2.33 bits per heavy atom. The first kappa shape index (κ1) is 22.0. The summed E-state index contributed by atoms with van der Waals surface area (Å²) < 4.78 is 7.91. The molecule has 1 N–H and O–H groups in total. The molecule has 4 rings (SSSR count). The van der Waals surface area contributed by atoms with Crippen LogP contribution < -0.4 is 16.0 Å². The van der Waals surface area contributed by atoms with Crippen LogP contribution in [0.3, 0.4) is 0 Å². The van der Waals surface area contributed by atoms with Gasteiger partial charge in [-0.2, -0.15) is 0 Å². The van der Waals surface area contributed by atoms with Gasteiger partial charge >= 0.3 is 5.69 Å². The summed E-state index contributed by atoms with van der Waals surface area (Å²) in [6, 6.07) is 21.1. The Morgan fingerprint density at radius 2 is 1.67 bits per heavy atom. The predicted molar refractivity (Wildman–Crippen MR) is 127 cm³/mol. The number of carbonyl (C=O) groups is 1. The zero-order chi connectivity index (χ0) is 23.4. The van der Waals surface area contributed by atoms with Crippen molar-refractivity contribution in [1.29, 1.82) is 0 Å². The van der Waals surface area contributed by atoms with Crippen molar-refractivity contribution in [2.75, 3.05) is 13.7 Å². The maximum atomic E-state index is 13.5. The fourth-order valence-electron chi connectivity index (χ4n) is 3.59. The highest BCUT2D eigenvalue weighted by molar-refractivity contribution is 5.94. The molecule has 7 nitrogen and oxygen atoms in total. The maximum Gasteiger partial charge on any atom is 0.336 e. The number of aliphatic hydroxyl groups is 1. The van der Waals surface area contributed by atoms with Gasteiger partial charge in [-0.25, -0.2) is 9.36 Å². The van der Waals surface area contributed by atoms with Crippen molar-refractivity contribution in [3.05, 3.63) is 111 Å². The molecule has 0 saturated heterocycles. The van der Waals surface area contributed by atoms with Crippen LogP contribution in [0.1, 0.15) is 11.1 Å². The van der Waals surface area contributed by atoms with Crippen LogP contribution in [0.2, 0.25) is 0 Å². The van der Waals surface area contributed by atoms with Crippen LogP contribution >= 0.6 is 0 Å². The standard InChI is InChI=1S/C26H22N2O5/c1-33-22-14-11-20(12-15-22)28-25(31)23-4-2-3-5-24(23)27(26(28)32)16-19-8-6-18(7-9-19)10-13-21(30)17-29/h2-15,29H,16-17H2,1H3/b13-10+. The van der Waals surface area contributed by atoms with Gasteiger partial charge in [0.25, 0.3) is 5.56 Å². The molecular weight excluding hydrogens is 420 g/mol. The number of ketones is 1. The van der Waals surface area contributed by atoms with Gasteiger partial charge in [-0.05, 0) is 53.6 Å². The van der Waals surface area contributed by atoms with E-state index in [4.69, 9.17) is 9.84 Å². The van der Waals surface area contributed by atoms with Crippen LogP contribution in [0.25, 0.3) is 22.7 Å². The van der Waals surface area contributed by atoms with E-state index in [1.807, 2.05) is 24.3 Å². The molecule has 0 aliphatic rings. The second-order valence-corrected chi connectivity index (χ2v) is 7.42. The summed E-state index contributed by atoms with van der Waals surface area (Å²) in [5.74, 6) is 0.251. The summed E-state index contributed by atoms with van der Waals surface area (Å²) in [5.41, 5.74) is 1.83.